The van der Waals surface area contributed by atoms with Crippen LogP contribution in [0, 0.1) is 0 Å². The summed E-state index contributed by atoms with van der Waals surface area (Å²) in [6.45, 7) is 3.79. The minimum absolute atomic E-state index is 0.134. The molecule has 1 fully saturated rings. The second kappa shape index (κ2) is 45.0. The third-order valence-electron chi connectivity index (χ3n) is 13.7. The van der Waals surface area contributed by atoms with E-state index in [1.807, 2.05) is 0 Å². The average molecular weight is 898 g/mol. The van der Waals surface area contributed by atoms with Crippen molar-refractivity contribution in [3.05, 3.63) is 0 Å². The first-order valence-corrected chi connectivity index (χ1v) is 27.7. The van der Waals surface area contributed by atoms with Crippen LogP contribution >= 0.6 is 0 Å². The van der Waals surface area contributed by atoms with Crippen LogP contribution in [-0.4, -0.2) is 87.5 Å². The van der Waals surface area contributed by atoms with Gasteiger partial charge in [0.15, 0.2) is 6.29 Å². The summed E-state index contributed by atoms with van der Waals surface area (Å²) in [6, 6.07) is -0.710. The van der Waals surface area contributed by atoms with E-state index in [2.05, 4.69) is 19.2 Å². The zero-order chi connectivity index (χ0) is 45.9. The lowest BCUT2D eigenvalue weighted by Crippen LogP contribution is -2.60. The van der Waals surface area contributed by atoms with E-state index in [9.17, 15) is 30.3 Å². The molecule has 1 aliphatic rings. The van der Waals surface area contributed by atoms with Gasteiger partial charge < -0.3 is 40.3 Å². The highest BCUT2D eigenvalue weighted by molar-refractivity contribution is 5.76. The van der Waals surface area contributed by atoms with Crippen LogP contribution in [0.4, 0.5) is 0 Å². The molecule has 376 valence electrons. The summed E-state index contributed by atoms with van der Waals surface area (Å²) in [5, 5.41) is 54.1. The van der Waals surface area contributed by atoms with Gasteiger partial charge in [0.25, 0.3) is 0 Å². The summed E-state index contributed by atoms with van der Waals surface area (Å²) in [6.07, 6.45) is 46.4. The Bertz CT molecular complexity index is 955. The third kappa shape index (κ3) is 35.1. The predicted octanol–water partition coefficient (Wildman–Crippen LogP) is 13.1. The number of hydrogen-bond acceptors (Lipinski definition) is 8. The molecule has 0 aromatic carbocycles. The molecule has 1 aliphatic heterocycles. The zero-order valence-electron chi connectivity index (χ0n) is 41.6. The van der Waals surface area contributed by atoms with E-state index in [4.69, 9.17) is 9.47 Å². The first-order valence-electron chi connectivity index (χ1n) is 27.7. The number of carbonyl (C=O) groups excluding carboxylic acids is 1. The van der Waals surface area contributed by atoms with Crippen LogP contribution in [0.5, 0.6) is 0 Å². The maximum atomic E-state index is 12.9. The molecule has 0 radical (unpaired) electrons. The largest absolute Gasteiger partial charge is 0.394 e. The van der Waals surface area contributed by atoms with Gasteiger partial charge >= 0.3 is 0 Å². The molecule has 7 unspecified atom stereocenters. The van der Waals surface area contributed by atoms with Gasteiger partial charge in [0, 0.05) is 6.42 Å². The van der Waals surface area contributed by atoms with Crippen LogP contribution in [0.25, 0.3) is 0 Å². The number of aliphatic hydroxyl groups excluding tert-OH is 5. The van der Waals surface area contributed by atoms with Crippen molar-refractivity contribution < 1.29 is 39.8 Å². The van der Waals surface area contributed by atoms with Gasteiger partial charge in [-0.3, -0.25) is 4.79 Å². The quantitative estimate of drug-likeness (QED) is 0.0331. The minimum atomic E-state index is -1.55. The van der Waals surface area contributed by atoms with Crippen LogP contribution in [0.3, 0.4) is 0 Å². The lowest BCUT2D eigenvalue weighted by atomic mass is 9.99. The van der Waals surface area contributed by atoms with Gasteiger partial charge in [0.05, 0.1) is 25.4 Å². The third-order valence-corrected chi connectivity index (χ3v) is 13.7. The molecule has 1 saturated heterocycles. The van der Waals surface area contributed by atoms with Crippen molar-refractivity contribution in [2.45, 2.75) is 326 Å². The Morgan fingerprint density at radius 2 is 0.794 bits per heavy atom. The highest BCUT2D eigenvalue weighted by atomic mass is 16.7. The fourth-order valence-corrected chi connectivity index (χ4v) is 9.28. The monoisotopic (exact) mass is 898 g/mol. The Hall–Kier alpha value is -0.810. The fraction of sp³-hybridized carbons (Fsp3) is 0.981. The Morgan fingerprint density at radius 3 is 1.13 bits per heavy atom. The van der Waals surface area contributed by atoms with Crippen molar-refractivity contribution in [1.82, 2.24) is 5.32 Å². The summed E-state index contributed by atoms with van der Waals surface area (Å²) in [4.78, 5) is 12.9. The fourth-order valence-electron chi connectivity index (χ4n) is 9.28. The molecular weight excluding hydrogens is 791 g/mol. The van der Waals surface area contributed by atoms with Gasteiger partial charge in [-0.2, -0.15) is 0 Å². The number of hydrogen-bond donors (Lipinski definition) is 6. The number of unbranched alkanes of at least 4 members (excludes halogenated alkanes) is 38. The van der Waals surface area contributed by atoms with Crippen LogP contribution in [-0.2, 0) is 14.3 Å². The summed E-state index contributed by atoms with van der Waals surface area (Å²) < 4.78 is 11.2. The van der Waals surface area contributed by atoms with E-state index in [1.165, 1.54) is 218 Å². The maximum absolute atomic E-state index is 12.9. The highest BCUT2D eigenvalue weighted by Gasteiger charge is 2.44. The zero-order valence-corrected chi connectivity index (χ0v) is 41.6. The Kier molecular flexibility index (Phi) is 43.0. The molecule has 9 heteroatoms. The molecule has 6 N–H and O–H groups in total. The molecule has 0 aliphatic carbocycles. The van der Waals surface area contributed by atoms with Crippen molar-refractivity contribution in [3.63, 3.8) is 0 Å². The molecule has 63 heavy (non-hydrogen) atoms. The number of amides is 1. The first kappa shape index (κ1) is 60.2. The van der Waals surface area contributed by atoms with Crippen LogP contribution in [0.15, 0.2) is 0 Å². The number of carbonyl (C=O) groups is 1. The standard InChI is InChI=1S/C54H107NO8/c1-3-5-7-9-11-12-13-14-15-16-17-18-19-20-21-22-23-24-25-26-27-28-29-30-31-32-33-34-35-36-37-38-40-42-44-50(58)55-47(48(57)43-41-39-10-8-6-4-2)46-62-54-53(61)52(60)51(59)49(45-56)63-54/h47-49,51-54,56-57,59-61H,3-46H2,1-2H3,(H,55,58). The minimum Gasteiger partial charge on any atom is -0.394 e. The molecule has 9 nitrogen and oxygen atoms in total. The number of aliphatic hydroxyl groups is 5. The molecule has 1 rings (SSSR count). The summed E-state index contributed by atoms with van der Waals surface area (Å²) >= 11 is 0. The topological polar surface area (TPSA) is 149 Å². The summed E-state index contributed by atoms with van der Waals surface area (Å²) in [5.74, 6) is -0.143. The smallest absolute Gasteiger partial charge is 0.220 e. The van der Waals surface area contributed by atoms with Crippen molar-refractivity contribution >= 4 is 5.91 Å². The molecular formula is C54H107NO8. The second-order valence-electron chi connectivity index (χ2n) is 19.7. The van der Waals surface area contributed by atoms with Gasteiger partial charge in [-0.25, -0.2) is 0 Å². The van der Waals surface area contributed by atoms with Crippen LogP contribution in [0.2, 0.25) is 0 Å². The van der Waals surface area contributed by atoms with Gasteiger partial charge in [-0.15, -0.1) is 0 Å². The van der Waals surface area contributed by atoms with Gasteiger partial charge in [-0.05, 0) is 12.8 Å². The number of rotatable bonds is 48. The van der Waals surface area contributed by atoms with Crippen molar-refractivity contribution in [3.8, 4) is 0 Å². The van der Waals surface area contributed by atoms with Crippen LogP contribution < -0.4 is 5.32 Å². The lowest BCUT2D eigenvalue weighted by Gasteiger charge is -2.40. The molecule has 0 aromatic heterocycles. The Morgan fingerprint density at radius 1 is 0.476 bits per heavy atom. The highest BCUT2D eigenvalue weighted by Crippen LogP contribution is 2.23. The normalized spacial score (nSPS) is 20.0. The Labute approximate surface area is 389 Å². The number of nitrogens with one attached hydrogen (secondary N) is 1. The van der Waals surface area contributed by atoms with Gasteiger partial charge in [0.2, 0.25) is 5.91 Å². The molecule has 0 aromatic rings. The molecule has 0 spiro atoms. The van der Waals surface area contributed by atoms with Crippen LogP contribution in [0.1, 0.15) is 284 Å². The van der Waals surface area contributed by atoms with Crippen molar-refractivity contribution in [1.29, 1.82) is 0 Å². The molecule has 0 saturated carbocycles. The maximum Gasteiger partial charge on any atom is 0.220 e. The SMILES string of the molecule is CCCCCCCCCCCCCCCCCCCCCCCCCCCCCCCCCCCCC(=O)NC(COC1OC(CO)C(O)C(O)C1O)C(O)CCCCCCCC. The molecule has 0 bridgehead atoms. The van der Waals surface area contributed by atoms with Crippen molar-refractivity contribution in [2.75, 3.05) is 13.2 Å². The summed E-state index contributed by atoms with van der Waals surface area (Å²) in [5.41, 5.74) is 0. The Balaban J connectivity index is 1.96. The summed E-state index contributed by atoms with van der Waals surface area (Å²) in [7, 11) is 0. The van der Waals surface area contributed by atoms with E-state index < -0.39 is 49.5 Å². The second-order valence-corrected chi connectivity index (χ2v) is 19.7. The first-order chi connectivity index (χ1) is 30.8. The molecule has 1 heterocycles. The van der Waals surface area contributed by atoms with Gasteiger partial charge in [0.1, 0.15) is 24.4 Å². The van der Waals surface area contributed by atoms with Crippen molar-refractivity contribution in [2.24, 2.45) is 0 Å². The molecule has 1 amide bonds. The van der Waals surface area contributed by atoms with Gasteiger partial charge in [-0.1, -0.05) is 264 Å². The van der Waals surface area contributed by atoms with E-state index in [-0.39, 0.29) is 12.5 Å². The van der Waals surface area contributed by atoms with E-state index in [0.717, 1.165) is 38.5 Å². The van der Waals surface area contributed by atoms with E-state index in [1.54, 1.807) is 0 Å². The lowest BCUT2D eigenvalue weighted by molar-refractivity contribution is -0.302. The van der Waals surface area contributed by atoms with E-state index in [0.29, 0.717) is 12.8 Å². The predicted molar refractivity (Wildman–Crippen MR) is 263 cm³/mol. The number of ether oxygens (including phenoxy) is 2. The van der Waals surface area contributed by atoms with E-state index >= 15 is 0 Å². The average Bonchev–Trinajstić information content (AvgIpc) is 3.28. The molecule has 7 atom stereocenters.